The van der Waals surface area contributed by atoms with Crippen molar-refractivity contribution < 1.29 is 13.2 Å². The summed E-state index contributed by atoms with van der Waals surface area (Å²) in [5.41, 5.74) is 0.817. The quantitative estimate of drug-likeness (QED) is 0.748. The Morgan fingerprint density at radius 2 is 2.28 bits per heavy atom. The Labute approximate surface area is 105 Å². The highest BCUT2D eigenvalue weighted by Gasteiger charge is 2.35. The van der Waals surface area contributed by atoms with Gasteiger partial charge in [0, 0.05) is 37.8 Å². The zero-order chi connectivity index (χ0) is 13.2. The second kappa shape index (κ2) is 4.99. The Bertz CT molecular complexity index is 531. The van der Waals surface area contributed by atoms with Gasteiger partial charge in [-0.3, -0.25) is 4.79 Å². The Balaban J connectivity index is 1.94. The van der Waals surface area contributed by atoms with Crippen LogP contribution in [0.1, 0.15) is 12.1 Å². The second-order valence-corrected chi connectivity index (χ2v) is 6.05. The molecule has 1 amide bonds. The zero-order valence-corrected chi connectivity index (χ0v) is 10.5. The van der Waals surface area contributed by atoms with Crippen LogP contribution in [-0.2, 0) is 21.2 Å². The van der Waals surface area contributed by atoms with Crippen LogP contribution in [0.2, 0.25) is 0 Å². The number of rotatable bonds is 4. The smallest absolute Gasteiger partial charge is 0.224 e. The van der Waals surface area contributed by atoms with E-state index < -0.39 is 15.3 Å². The topological polar surface area (TPSA) is 106 Å². The van der Waals surface area contributed by atoms with Gasteiger partial charge in [0.25, 0.3) is 0 Å². The van der Waals surface area contributed by atoms with Crippen molar-refractivity contribution in [1.82, 2.24) is 14.9 Å². The molecule has 1 aliphatic rings. The molecule has 1 unspecified atom stereocenters. The molecule has 0 aromatic carbocycles. The van der Waals surface area contributed by atoms with Crippen molar-refractivity contribution in [1.29, 1.82) is 0 Å². The van der Waals surface area contributed by atoms with E-state index in [-0.39, 0.29) is 18.9 Å². The first-order chi connectivity index (χ1) is 8.47. The normalized spacial score (nSPS) is 20.4. The summed E-state index contributed by atoms with van der Waals surface area (Å²) in [6.45, 7) is 0.616. The lowest BCUT2D eigenvalue weighted by Crippen LogP contribution is -2.33. The van der Waals surface area contributed by atoms with Crippen molar-refractivity contribution >= 4 is 15.9 Å². The van der Waals surface area contributed by atoms with E-state index in [9.17, 15) is 13.2 Å². The molecular weight excluding hydrogens is 256 g/mol. The summed E-state index contributed by atoms with van der Waals surface area (Å²) in [6.07, 6.45) is 3.61. The Hall–Kier alpha value is -1.54. The number of hydrogen-bond acceptors (Lipinski definition) is 5. The molecule has 0 aliphatic carbocycles. The molecule has 2 N–H and O–H groups in total. The predicted molar refractivity (Wildman–Crippen MR) is 63.8 cm³/mol. The number of hydrogen-bond donors (Lipinski definition) is 1. The predicted octanol–water partition coefficient (Wildman–Crippen LogP) is -1.09. The van der Waals surface area contributed by atoms with Crippen LogP contribution in [0.5, 0.6) is 0 Å². The van der Waals surface area contributed by atoms with E-state index in [1.807, 2.05) is 0 Å². The number of nitrogens with zero attached hydrogens (tertiary/aromatic N) is 3. The average Bonchev–Trinajstić information content (AvgIpc) is 2.69. The molecule has 1 aliphatic heterocycles. The van der Waals surface area contributed by atoms with E-state index >= 15 is 0 Å². The van der Waals surface area contributed by atoms with Crippen molar-refractivity contribution in [2.45, 2.75) is 18.1 Å². The van der Waals surface area contributed by atoms with Crippen LogP contribution in [0.15, 0.2) is 18.6 Å². The van der Waals surface area contributed by atoms with Crippen molar-refractivity contribution in [3.8, 4) is 0 Å². The number of carbonyl (C=O) groups excluding carboxylic acids is 1. The van der Waals surface area contributed by atoms with Crippen LogP contribution < -0.4 is 5.14 Å². The molecular formula is C10H14N4O3S. The number of sulfonamides is 1. The van der Waals surface area contributed by atoms with Crippen molar-refractivity contribution in [2.24, 2.45) is 5.14 Å². The second-order valence-electron chi connectivity index (χ2n) is 4.21. The number of likely N-dealkylation sites (tertiary alicyclic amines) is 1. The highest BCUT2D eigenvalue weighted by Crippen LogP contribution is 2.16. The fraction of sp³-hybridized carbons (Fsp3) is 0.500. The minimum absolute atomic E-state index is 0.0252. The standard InChI is InChI=1S/C10H14N4O3S/c11-18(16,17)9-5-10(15)14(6-9)4-2-8-1-3-12-7-13-8/h1,3,7,9H,2,4-6H2,(H2,11,16,17). The molecule has 1 saturated heterocycles. The van der Waals surface area contributed by atoms with E-state index in [0.717, 1.165) is 5.69 Å². The van der Waals surface area contributed by atoms with Crippen LogP contribution in [0.4, 0.5) is 0 Å². The molecule has 98 valence electrons. The molecule has 18 heavy (non-hydrogen) atoms. The monoisotopic (exact) mass is 270 g/mol. The van der Waals surface area contributed by atoms with Crippen LogP contribution in [0.3, 0.4) is 0 Å². The van der Waals surface area contributed by atoms with Crippen molar-refractivity contribution in [3.05, 3.63) is 24.3 Å². The Morgan fingerprint density at radius 3 is 2.83 bits per heavy atom. The maximum atomic E-state index is 11.6. The largest absolute Gasteiger partial charge is 0.341 e. The third kappa shape index (κ3) is 3.02. The summed E-state index contributed by atoms with van der Waals surface area (Å²) in [4.78, 5) is 21.0. The van der Waals surface area contributed by atoms with E-state index in [1.54, 1.807) is 12.3 Å². The van der Waals surface area contributed by atoms with Gasteiger partial charge in [-0.05, 0) is 6.07 Å². The first kappa shape index (κ1) is 12.9. The van der Waals surface area contributed by atoms with Gasteiger partial charge in [0.2, 0.25) is 15.9 Å². The molecule has 1 fully saturated rings. The third-order valence-electron chi connectivity index (χ3n) is 2.92. The molecule has 2 heterocycles. The maximum Gasteiger partial charge on any atom is 0.224 e. The van der Waals surface area contributed by atoms with Crippen LogP contribution in [0.25, 0.3) is 0 Å². The van der Waals surface area contributed by atoms with Gasteiger partial charge in [-0.2, -0.15) is 0 Å². The summed E-state index contributed by atoms with van der Waals surface area (Å²) in [7, 11) is -3.64. The minimum atomic E-state index is -3.64. The number of nitrogens with two attached hydrogens (primary N) is 1. The molecule has 0 spiro atoms. The summed E-state index contributed by atoms with van der Waals surface area (Å²) in [5.74, 6) is -0.178. The fourth-order valence-electron chi connectivity index (χ4n) is 1.89. The zero-order valence-electron chi connectivity index (χ0n) is 9.69. The molecule has 1 aromatic heterocycles. The lowest BCUT2D eigenvalue weighted by Gasteiger charge is -2.15. The lowest BCUT2D eigenvalue weighted by molar-refractivity contribution is -0.127. The first-order valence-corrected chi connectivity index (χ1v) is 7.12. The van der Waals surface area contributed by atoms with Gasteiger partial charge in [0.1, 0.15) is 11.6 Å². The molecule has 1 atom stereocenters. The van der Waals surface area contributed by atoms with Gasteiger partial charge < -0.3 is 4.90 Å². The van der Waals surface area contributed by atoms with Gasteiger partial charge in [-0.15, -0.1) is 0 Å². The molecule has 7 nitrogen and oxygen atoms in total. The van der Waals surface area contributed by atoms with Gasteiger partial charge in [-0.1, -0.05) is 0 Å². The van der Waals surface area contributed by atoms with Gasteiger partial charge >= 0.3 is 0 Å². The number of amides is 1. The van der Waals surface area contributed by atoms with Crippen LogP contribution in [-0.4, -0.2) is 47.5 Å². The van der Waals surface area contributed by atoms with E-state index in [0.29, 0.717) is 13.0 Å². The summed E-state index contributed by atoms with van der Waals surface area (Å²) in [5, 5.41) is 4.26. The van der Waals surface area contributed by atoms with Crippen molar-refractivity contribution in [2.75, 3.05) is 13.1 Å². The van der Waals surface area contributed by atoms with E-state index in [2.05, 4.69) is 9.97 Å². The summed E-state index contributed by atoms with van der Waals surface area (Å²) >= 11 is 0. The summed E-state index contributed by atoms with van der Waals surface area (Å²) in [6, 6.07) is 1.76. The van der Waals surface area contributed by atoms with E-state index in [1.165, 1.54) is 11.2 Å². The highest BCUT2D eigenvalue weighted by atomic mass is 32.2. The van der Waals surface area contributed by atoms with Crippen molar-refractivity contribution in [3.63, 3.8) is 0 Å². The number of aromatic nitrogens is 2. The van der Waals surface area contributed by atoms with E-state index in [4.69, 9.17) is 5.14 Å². The SMILES string of the molecule is NS(=O)(=O)C1CC(=O)N(CCc2ccncn2)C1. The Morgan fingerprint density at radius 1 is 1.50 bits per heavy atom. The third-order valence-corrected chi connectivity index (χ3v) is 4.17. The van der Waals surface area contributed by atoms with Crippen LogP contribution >= 0.6 is 0 Å². The minimum Gasteiger partial charge on any atom is -0.341 e. The fourth-order valence-corrected chi connectivity index (χ4v) is 2.65. The van der Waals surface area contributed by atoms with Gasteiger partial charge in [0.05, 0.1) is 0 Å². The van der Waals surface area contributed by atoms with Gasteiger partial charge in [-0.25, -0.2) is 23.5 Å². The first-order valence-electron chi connectivity index (χ1n) is 5.51. The molecule has 0 radical (unpaired) electrons. The lowest BCUT2D eigenvalue weighted by atomic mass is 10.3. The average molecular weight is 270 g/mol. The highest BCUT2D eigenvalue weighted by molar-refractivity contribution is 7.89. The number of primary sulfonamides is 1. The molecule has 0 bridgehead atoms. The molecule has 8 heteroatoms. The van der Waals surface area contributed by atoms with Crippen LogP contribution in [0, 0.1) is 0 Å². The summed E-state index contributed by atoms with van der Waals surface area (Å²) < 4.78 is 22.4. The number of carbonyl (C=O) groups is 1. The Kier molecular flexibility index (Phi) is 3.58. The molecule has 0 saturated carbocycles. The molecule has 1 aromatic rings. The maximum absolute atomic E-state index is 11.6. The molecule has 2 rings (SSSR count). The van der Waals surface area contributed by atoms with Gasteiger partial charge in [0.15, 0.2) is 0 Å².